The molecule has 0 unspecified atom stereocenters. The molecule has 1 amide bonds. The van der Waals surface area contributed by atoms with E-state index in [1.165, 1.54) is 12.1 Å². The molecular weight excluding hydrogens is 270 g/mol. The summed E-state index contributed by atoms with van der Waals surface area (Å²) in [6.45, 7) is 4.92. The van der Waals surface area contributed by atoms with Crippen molar-refractivity contribution >= 4 is 28.9 Å². The Morgan fingerprint density at radius 3 is 2.58 bits per heavy atom. The molecule has 19 heavy (non-hydrogen) atoms. The summed E-state index contributed by atoms with van der Waals surface area (Å²) >= 11 is 5.83. The van der Waals surface area contributed by atoms with Crippen molar-refractivity contribution in [2.45, 2.75) is 20.3 Å². The average Bonchev–Trinajstić information content (AvgIpc) is 2.37. The molecule has 0 radical (unpaired) electrons. The topological polar surface area (TPSA) is 89.5 Å². The lowest BCUT2D eigenvalue weighted by molar-refractivity contribution is -0.383. The predicted octanol–water partition coefficient (Wildman–Crippen LogP) is 2.70. The second-order valence-corrected chi connectivity index (χ2v) is 4.44. The Balaban J connectivity index is 3.20. The largest absolute Gasteiger partial charge is 0.392 e. The molecule has 0 aromatic heterocycles. The molecule has 1 aromatic rings. The average molecular weight is 286 g/mol. The molecule has 104 valence electrons. The lowest BCUT2D eigenvalue weighted by atomic mass is 10.1. The Hall–Kier alpha value is -1.82. The third-order valence-corrected chi connectivity index (χ3v) is 3.03. The van der Waals surface area contributed by atoms with Gasteiger partial charge >= 0.3 is 0 Å². The van der Waals surface area contributed by atoms with Crippen molar-refractivity contribution in [2.75, 3.05) is 18.8 Å². The second kappa shape index (κ2) is 6.38. The SMILES string of the molecule is CCCN(CC)C(=O)c1cc(Cl)c(N)c([N+](=O)[O-])c1. The fourth-order valence-electron chi connectivity index (χ4n) is 1.73. The first-order valence-electron chi connectivity index (χ1n) is 5.95. The van der Waals surface area contributed by atoms with E-state index in [0.29, 0.717) is 13.1 Å². The molecule has 0 heterocycles. The maximum atomic E-state index is 12.2. The van der Waals surface area contributed by atoms with Crippen LogP contribution >= 0.6 is 11.6 Å². The first kappa shape index (κ1) is 15.2. The van der Waals surface area contributed by atoms with Crippen molar-refractivity contribution in [3.8, 4) is 0 Å². The highest BCUT2D eigenvalue weighted by molar-refractivity contribution is 6.34. The molecule has 0 bridgehead atoms. The number of hydrogen-bond acceptors (Lipinski definition) is 4. The first-order chi connectivity index (χ1) is 8.92. The number of halogens is 1. The molecule has 7 heteroatoms. The fourth-order valence-corrected chi connectivity index (χ4v) is 1.95. The van der Waals surface area contributed by atoms with Gasteiger partial charge < -0.3 is 10.6 Å². The Bertz CT molecular complexity index is 505. The highest BCUT2D eigenvalue weighted by Crippen LogP contribution is 2.31. The molecular formula is C12H16ClN3O3. The Kier molecular flexibility index (Phi) is 5.11. The Morgan fingerprint density at radius 1 is 1.47 bits per heavy atom. The van der Waals surface area contributed by atoms with Crippen LogP contribution in [-0.2, 0) is 0 Å². The van der Waals surface area contributed by atoms with Crippen molar-refractivity contribution in [1.82, 2.24) is 4.90 Å². The molecule has 0 spiro atoms. The summed E-state index contributed by atoms with van der Waals surface area (Å²) in [6, 6.07) is 2.53. The van der Waals surface area contributed by atoms with Gasteiger partial charge in [0.05, 0.1) is 9.95 Å². The molecule has 1 rings (SSSR count). The normalized spacial score (nSPS) is 10.3. The minimum absolute atomic E-state index is 0.0186. The lowest BCUT2D eigenvalue weighted by Crippen LogP contribution is -2.31. The molecule has 6 nitrogen and oxygen atoms in total. The number of nitrogens with zero attached hydrogens (tertiary/aromatic N) is 2. The van der Waals surface area contributed by atoms with E-state index in [2.05, 4.69) is 0 Å². The van der Waals surface area contributed by atoms with E-state index in [0.717, 1.165) is 6.42 Å². The van der Waals surface area contributed by atoms with Crippen molar-refractivity contribution in [3.63, 3.8) is 0 Å². The van der Waals surface area contributed by atoms with Gasteiger partial charge in [0.15, 0.2) is 0 Å². The summed E-state index contributed by atoms with van der Waals surface area (Å²) in [6.07, 6.45) is 0.810. The standard InChI is InChI=1S/C12H16ClN3O3/c1-3-5-15(4-2)12(17)8-6-9(13)11(14)10(7-8)16(18)19/h6-7H,3-5,14H2,1-2H3. The number of amides is 1. The number of nitrogens with two attached hydrogens (primary N) is 1. The summed E-state index contributed by atoms with van der Waals surface area (Å²) in [5.41, 5.74) is 5.24. The number of benzene rings is 1. The van der Waals surface area contributed by atoms with Gasteiger partial charge in [-0.05, 0) is 19.4 Å². The zero-order valence-electron chi connectivity index (χ0n) is 10.9. The minimum atomic E-state index is -0.645. The molecule has 0 saturated heterocycles. The van der Waals surface area contributed by atoms with Crippen LogP contribution in [0.4, 0.5) is 11.4 Å². The smallest absolute Gasteiger partial charge is 0.294 e. The summed E-state index contributed by atoms with van der Waals surface area (Å²) in [4.78, 5) is 24.0. The maximum absolute atomic E-state index is 12.2. The van der Waals surface area contributed by atoms with Gasteiger partial charge in [0.25, 0.3) is 11.6 Å². The quantitative estimate of drug-likeness (QED) is 0.512. The maximum Gasteiger partial charge on any atom is 0.294 e. The lowest BCUT2D eigenvalue weighted by Gasteiger charge is -2.20. The Labute approximate surface area is 116 Å². The van der Waals surface area contributed by atoms with Crippen molar-refractivity contribution in [3.05, 3.63) is 32.8 Å². The van der Waals surface area contributed by atoms with E-state index in [4.69, 9.17) is 17.3 Å². The van der Waals surface area contributed by atoms with Crippen LogP contribution in [0.3, 0.4) is 0 Å². The molecule has 2 N–H and O–H groups in total. The molecule has 0 aliphatic rings. The highest BCUT2D eigenvalue weighted by atomic mass is 35.5. The van der Waals surface area contributed by atoms with Gasteiger partial charge in [-0.3, -0.25) is 14.9 Å². The summed E-state index contributed by atoms with van der Waals surface area (Å²) < 4.78 is 0. The molecule has 1 aromatic carbocycles. The van der Waals surface area contributed by atoms with Crippen LogP contribution in [0, 0.1) is 10.1 Å². The van der Waals surface area contributed by atoms with Gasteiger partial charge in [0.2, 0.25) is 0 Å². The van der Waals surface area contributed by atoms with Gasteiger partial charge in [0, 0.05) is 24.7 Å². The van der Waals surface area contributed by atoms with Crippen molar-refractivity contribution in [1.29, 1.82) is 0 Å². The molecule has 0 atom stereocenters. The summed E-state index contributed by atoms with van der Waals surface area (Å²) in [5, 5.41) is 10.9. The second-order valence-electron chi connectivity index (χ2n) is 4.03. The number of carbonyl (C=O) groups excluding carboxylic acids is 1. The summed E-state index contributed by atoms with van der Waals surface area (Å²) in [7, 11) is 0. The number of rotatable bonds is 5. The van der Waals surface area contributed by atoms with Gasteiger partial charge in [-0.15, -0.1) is 0 Å². The third-order valence-electron chi connectivity index (χ3n) is 2.71. The zero-order valence-corrected chi connectivity index (χ0v) is 11.6. The molecule has 0 aliphatic heterocycles. The number of nitro groups is 1. The van der Waals surface area contributed by atoms with Gasteiger partial charge in [-0.25, -0.2) is 0 Å². The number of nitro benzene ring substituents is 1. The first-order valence-corrected chi connectivity index (χ1v) is 6.32. The number of anilines is 1. The van der Waals surface area contributed by atoms with E-state index < -0.39 is 4.92 Å². The number of carbonyl (C=O) groups is 1. The van der Waals surface area contributed by atoms with Crippen LogP contribution in [0.2, 0.25) is 5.02 Å². The molecule has 0 fully saturated rings. The van der Waals surface area contributed by atoms with E-state index in [1.807, 2.05) is 13.8 Å². The summed E-state index contributed by atoms with van der Waals surface area (Å²) in [5.74, 6) is -0.283. The van der Waals surface area contributed by atoms with Gasteiger partial charge in [-0.1, -0.05) is 18.5 Å². The Morgan fingerprint density at radius 2 is 2.11 bits per heavy atom. The van der Waals surface area contributed by atoms with Crippen LogP contribution in [0.1, 0.15) is 30.6 Å². The van der Waals surface area contributed by atoms with Crippen LogP contribution in [0.5, 0.6) is 0 Å². The zero-order chi connectivity index (χ0) is 14.6. The van der Waals surface area contributed by atoms with E-state index in [-0.39, 0.29) is 27.9 Å². The van der Waals surface area contributed by atoms with E-state index in [9.17, 15) is 14.9 Å². The van der Waals surface area contributed by atoms with Gasteiger partial charge in [-0.2, -0.15) is 0 Å². The molecule has 0 aliphatic carbocycles. The minimum Gasteiger partial charge on any atom is -0.392 e. The van der Waals surface area contributed by atoms with E-state index in [1.54, 1.807) is 4.90 Å². The molecule has 0 saturated carbocycles. The number of nitrogen functional groups attached to an aromatic ring is 1. The predicted molar refractivity (Wildman–Crippen MR) is 74.4 cm³/mol. The fraction of sp³-hybridized carbons (Fsp3) is 0.417. The van der Waals surface area contributed by atoms with Crippen LogP contribution in [0.15, 0.2) is 12.1 Å². The monoisotopic (exact) mass is 285 g/mol. The van der Waals surface area contributed by atoms with Gasteiger partial charge in [0.1, 0.15) is 5.69 Å². The third kappa shape index (κ3) is 3.35. The van der Waals surface area contributed by atoms with Crippen LogP contribution in [0.25, 0.3) is 0 Å². The number of hydrogen-bond donors (Lipinski definition) is 1. The highest BCUT2D eigenvalue weighted by Gasteiger charge is 2.21. The van der Waals surface area contributed by atoms with Crippen molar-refractivity contribution in [2.24, 2.45) is 0 Å². The van der Waals surface area contributed by atoms with Crippen molar-refractivity contribution < 1.29 is 9.72 Å². The van der Waals surface area contributed by atoms with Crippen LogP contribution in [-0.4, -0.2) is 28.8 Å². The van der Waals surface area contributed by atoms with E-state index >= 15 is 0 Å². The van der Waals surface area contributed by atoms with Crippen LogP contribution < -0.4 is 5.73 Å².